The number of piperidine rings is 1. The fourth-order valence-corrected chi connectivity index (χ4v) is 2.41. The summed E-state index contributed by atoms with van der Waals surface area (Å²) < 4.78 is 13.3. The van der Waals surface area contributed by atoms with Crippen molar-refractivity contribution in [3.63, 3.8) is 0 Å². The highest BCUT2D eigenvalue weighted by Crippen LogP contribution is 2.29. The number of benzene rings is 1. The maximum absolute atomic E-state index is 13.3. The maximum atomic E-state index is 13.3. The molecule has 0 radical (unpaired) electrons. The molecule has 0 aromatic heterocycles. The van der Waals surface area contributed by atoms with Crippen LogP contribution in [0, 0.1) is 11.7 Å². The first-order valence-corrected chi connectivity index (χ1v) is 6.11. The van der Waals surface area contributed by atoms with Crippen LogP contribution in [0.15, 0.2) is 18.2 Å². The summed E-state index contributed by atoms with van der Waals surface area (Å²) in [5, 5.41) is 13.4. The number of rotatable bonds is 3. The molecule has 0 saturated carbocycles. The number of halogens is 1. The van der Waals surface area contributed by atoms with E-state index in [1.54, 1.807) is 12.1 Å². The van der Waals surface area contributed by atoms with Crippen LogP contribution in [0.2, 0.25) is 0 Å². The maximum Gasteiger partial charge on any atom is 0.146 e. The second-order valence-electron chi connectivity index (χ2n) is 4.71. The number of hydrogen-bond donors (Lipinski definition) is 3. The van der Waals surface area contributed by atoms with Gasteiger partial charge in [-0.25, -0.2) is 4.39 Å². The molecule has 0 bridgehead atoms. The molecule has 1 aromatic carbocycles. The first-order chi connectivity index (χ1) is 8.18. The fraction of sp³-hybridized carbons (Fsp3) is 0.538. The molecule has 0 spiro atoms. The van der Waals surface area contributed by atoms with Crippen molar-refractivity contribution in [3.8, 4) is 0 Å². The molecule has 2 unspecified atom stereocenters. The van der Waals surface area contributed by atoms with Gasteiger partial charge in [-0.2, -0.15) is 0 Å². The number of nitrogens with one attached hydrogen (secondary N) is 1. The minimum absolute atomic E-state index is 0.0729. The number of aliphatic hydroxyl groups is 1. The lowest BCUT2D eigenvalue weighted by molar-refractivity contribution is 0.135. The molecule has 2 rings (SSSR count). The number of nitrogens with two attached hydrogens (primary N) is 1. The predicted octanol–water partition coefficient (Wildman–Crippen LogP) is 1.83. The highest BCUT2D eigenvalue weighted by atomic mass is 19.1. The highest BCUT2D eigenvalue weighted by Gasteiger charge is 2.20. The molecule has 0 amide bonds. The van der Waals surface area contributed by atoms with Crippen molar-refractivity contribution in [3.05, 3.63) is 29.6 Å². The molecule has 17 heavy (non-hydrogen) atoms. The van der Waals surface area contributed by atoms with E-state index in [1.165, 1.54) is 6.07 Å². The molecule has 1 aliphatic rings. The molecule has 94 valence electrons. The average molecular weight is 238 g/mol. The number of aliphatic hydroxyl groups excluding tert-OH is 1. The molecule has 1 aromatic rings. The lowest BCUT2D eigenvalue weighted by atomic mass is 9.90. The zero-order chi connectivity index (χ0) is 12.3. The van der Waals surface area contributed by atoms with Crippen LogP contribution in [0.25, 0.3) is 0 Å². The first-order valence-electron chi connectivity index (χ1n) is 6.11. The first kappa shape index (κ1) is 12.3. The third-order valence-corrected chi connectivity index (χ3v) is 3.40. The minimum atomic E-state index is -0.671. The van der Waals surface area contributed by atoms with Crippen molar-refractivity contribution >= 4 is 5.69 Å². The summed E-state index contributed by atoms with van der Waals surface area (Å²) in [6.45, 7) is 1.97. The van der Waals surface area contributed by atoms with Crippen LogP contribution in [-0.2, 0) is 0 Å². The highest BCUT2D eigenvalue weighted by molar-refractivity contribution is 5.49. The van der Waals surface area contributed by atoms with Gasteiger partial charge in [-0.15, -0.1) is 0 Å². The van der Waals surface area contributed by atoms with Crippen LogP contribution in [0.5, 0.6) is 0 Å². The molecule has 1 fully saturated rings. The largest absolute Gasteiger partial charge is 0.396 e. The Kier molecular flexibility index (Phi) is 3.97. The fourth-order valence-electron chi connectivity index (χ4n) is 2.41. The molecule has 3 nitrogen and oxygen atoms in total. The van der Waals surface area contributed by atoms with Crippen molar-refractivity contribution in [2.24, 2.45) is 5.92 Å². The van der Waals surface area contributed by atoms with Gasteiger partial charge in [0.25, 0.3) is 0 Å². The third kappa shape index (κ3) is 2.96. The smallest absolute Gasteiger partial charge is 0.146 e. The molecular weight excluding hydrogens is 219 g/mol. The topological polar surface area (TPSA) is 58.3 Å². The lowest BCUT2D eigenvalue weighted by Crippen LogP contribution is -2.30. The van der Waals surface area contributed by atoms with E-state index in [2.05, 4.69) is 5.32 Å². The summed E-state index contributed by atoms with van der Waals surface area (Å²) in [6, 6.07) is 4.59. The van der Waals surface area contributed by atoms with Crippen LogP contribution in [0.1, 0.15) is 30.9 Å². The molecular formula is C13H19FN2O. The van der Waals surface area contributed by atoms with E-state index in [0.717, 1.165) is 25.9 Å². The van der Waals surface area contributed by atoms with E-state index in [1.807, 2.05) is 0 Å². The van der Waals surface area contributed by atoms with Gasteiger partial charge in [-0.05, 0) is 44.3 Å². The van der Waals surface area contributed by atoms with E-state index in [9.17, 15) is 9.50 Å². The Hall–Kier alpha value is -1.13. The third-order valence-electron chi connectivity index (χ3n) is 3.40. The van der Waals surface area contributed by atoms with E-state index in [4.69, 9.17) is 5.73 Å². The quantitative estimate of drug-likeness (QED) is 0.704. The van der Waals surface area contributed by atoms with E-state index >= 15 is 0 Å². The van der Waals surface area contributed by atoms with Gasteiger partial charge in [0.05, 0.1) is 11.8 Å². The van der Waals surface area contributed by atoms with E-state index in [-0.39, 0.29) is 5.69 Å². The predicted molar refractivity (Wildman–Crippen MR) is 66.0 cm³/mol. The second kappa shape index (κ2) is 5.47. The van der Waals surface area contributed by atoms with Crippen molar-refractivity contribution in [2.45, 2.75) is 25.4 Å². The lowest BCUT2D eigenvalue weighted by Gasteiger charge is -2.25. The molecule has 2 atom stereocenters. The normalized spacial score (nSPS) is 22.4. The Balaban J connectivity index is 2.03. The van der Waals surface area contributed by atoms with Gasteiger partial charge in [0.15, 0.2) is 0 Å². The van der Waals surface area contributed by atoms with Gasteiger partial charge >= 0.3 is 0 Å². The van der Waals surface area contributed by atoms with Crippen molar-refractivity contribution < 1.29 is 9.50 Å². The zero-order valence-electron chi connectivity index (χ0n) is 9.82. The van der Waals surface area contributed by atoms with Gasteiger partial charge in [0, 0.05) is 5.56 Å². The Bertz CT molecular complexity index is 378. The van der Waals surface area contributed by atoms with Crippen molar-refractivity contribution in [1.82, 2.24) is 5.32 Å². The van der Waals surface area contributed by atoms with Crippen LogP contribution < -0.4 is 11.1 Å². The minimum Gasteiger partial charge on any atom is -0.396 e. The summed E-state index contributed by atoms with van der Waals surface area (Å²) >= 11 is 0. The van der Waals surface area contributed by atoms with Crippen LogP contribution >= 0.6 is 0 Å². The summed E-state index contributed by atoms with van der Waals surface area (Å²) in [7, 11) is 0. The Morgan fingerprint density at radius 2 is 2.35 bits per heavy atom. The SMILES string of the molecule is Nc1c(F)cccc1C(O)CC1CCCNC1. The zero-order valence-corrected chi connectivity index (χ0v) is 9.82. The van der Waals surface area contributed by atoms with Crippen molar-refractivity contribution in [1.29, 1.82) is 0 Å². The Morgan fingerprint density at radius 3 is 3.06 bits per heavy atom. The summed E-state index contributed by atoms with van der Waals surface area (Å²) in [6.07, 6.45) is 2.21. The van der Waals surface area contributed by atoms with E-state index < -0.39 is 11.9 Å². The molecule has 4 N–H and O–H groups in total. The molecule has 1 heterocycles. The monoisotopic (exact) mass is 238 g/mol. The summed E-state index contributed by atoms with van der Waals surface area (Å²) in [5.74, 6) is -0.00950. The Labute approximate surface area is 101 Å². The van der Waals surface area contributed by atoms with Gasteiger partial charge in [-0.3, -0.25) is 0 Å². The Morgan fingerprint density at radius 1 is 1.53 bits per heavy atom. The van der Waals surface area contributed by atoms with Crippen LogP contribution in [0.3, 0.4) is 0 Å². The molecule has 1 saturated heterocycles. The molecule has 1 aliphatic heterocycles. The molecule has 4 heteroatoms. The summed E-state index contributed by atoms with van der Waals surface area (Å²) in [5.41, 5.74) is 6.22. The van der Waals surface area contributed by atoms with Crippen LogP contribution in [-0.4, -0.2) is 18.2 Å². The van der Waals surface area contributed by atoms with Gasteiger partial charge in [0.2, 0.25) is 0 Å². The molecule has 0 aliphatic carbocycles. The number of anilines is 1. The van der Waals surface area contributed by atoms with Gasteiger partial charge < -0.3 is 16.2 Å². The number of para-hydroxylation sites is 1. The summed E-state index contributed by atoms with van der Waals surface area (Å²) in [4.78, 5) is 0. The number of nitrogen functional groups attached to an aromatic ring is 1. The average Bonchev–Trinajstić information content (AvgIpc) is 2.34. The van der Waals surface area contributed by atoms with Crippen LogP contribution in [0.4, 0.5) is 10.1 Å². The van der Waals surface area contributed by atoms with Crippen molar-refractivity contribution in [2.75, 3.05) is 18.8 Å². The number of hydrogen-bond acceptors (Lipinski definition) is 3. The van der Waals surface area contributed by atoms with E-state index in [0.29, 0.717) is 17.9 Å². The standard InChI is InChI=1S/C13H19FN2O/c14-11-5-1-4-10(13(11)15)12(17)7-9-3-2-6-16-8-9/h1,4-5,9,12,16-17H,2-3,6-8,15H2. The van der Waals surface area contributed by atoms with Gasteiger partial charge in [-0.1, -0.05) is 12.1 Å². The second-order valence-corrected chi connectivity index (χ2v) is 4.71. The van der Waals surface area contributed by atoms with Gasteiger partial charge in [0.1, 0.15) is 5.82 Å².